The van der Waals surface area contributed by atoms with Crippen LogP contribution in [-0.4, -0.2) is 4.57 Å². The van der Waals surface area contributed by atoms with Crippen molar-refractivity contribution in [3.8, 4) is 61.3 Å². The Morgan fingerprint density at radius 2 is 0.882 bits per heavy atom. The molecule has 1 unspecified atom stereocenters. The van der Waals surface area contributed by atoms with Crippen LogP contribution in [0.5, 0.6) is 0 Å². The van der Waals surface area contributed by atoms with Gasteiger partial charge >= 0.3 is 0 Å². The summed E-state index contributed by atoms with van der Waals surface area (Å²) in [5.74, 6) is 0.332. The highest BCUT2D eigenvalue weighted by Crippen LogP contribution is 2.47. The maximum atomic E-state index is 2.43. The van der Waals surface area contributed by atoms with Crippen molar-refractivity contribution in [3.63, 3.8) is 0 Å². The minimum atomic E-state index is 0.332. The molecule has 10 aromatic carbocycles. The van der Waals surface area contributed by atoms with Crippen LogP contribution < -0.4 is 4.90 Å². The van der Waals surface area contributed by atoms with E-state index in [4.69, 9.17) is 0 Å². The topological polar surface area (TPSA) is 8.17 Å². The molecule has 1 atom stereocenters. The summed E-state index contributed by atoms with van der Waals surface area (Å²) in [5.41, 5.74) is 21.6. The van der Waals surface area contributed by atoms with Gasteiger partial charge in [0.05, 0.1) is 5.52 Å². The molecule has 0 radical (unpaired) electrons. The number of hydrogen-bond donors (Lipinski definition) is 0. The Morgan fingerprint density at radius 3 is 1.51 bits per heavy atom. The van der Waals surface area contributed by atoms with Crippen LogP contribution in [0.15, 0.2) is 267 Å². The highest BCUT2D eigenvalue weighted by Gasteiger charge is 2.24. The van der Waals surface area contributed by atoms with Crippen LogP contribution in [0.3, 0.4) is 0 Å². The zero-order valence-electron chi connectivity index (χ0n) is 37.7. The van der Waals surface area contributed by atoms with Crippen LogP contribution in [0.2, 0.25) is 0 Å². The van der Waals surface area contributed by atoms with Crippen LogP contribution in [0.4, 0.5) is 17.1 Å². The van der Waals surface area contributed by atoms with E-state index in [0.29, 0.717) is 5.92 Å². The fourth-order valence-corrected chi connectivity index (χ4v) is 10.3. The number of rotatable bonds is 11. The van der Waals surface area contributed by atoms with E-state index < -0.39 is 0 Å². The molecule has 11 aromatic rings. The monoisotopic (exact) mass is 868 g/mol. The number of para-hydroxylation sites is 1. The minimum absolute atomic E-state index is 0.332. The van der Waals surface area contributed by atoms with Gasteiger partial charge in [0.15, 0.2) is 0 Å². The first kappa shape index (κ1) is 40.8. The van der Waals surface area contributed by atoms with Gasteiger partial charge in [-0.25, -0.2) is 0 Å². The summed E-state index contributed by atoms with van der Waals surface area (Å²) in [6.07, 6.45) is 7.92. The molecule has 0 saturated heterocycles. The third-order valence-corrected chi connectivity index (χ3v) is 13.6. The number of anilines is 3. The molecule has 1 aliphatic rings. The standard InChI is InChI=1S/C66H48N2/c1-6-18-47(19-7-1)44-52-34-39-60-57(52)28-16-29-58(60)61-40-37-55(45-64(61)50-22-10-3-11-23-50)68(54-35-32-49(33-36-54)48-20-8-2-9-21-48)56-38-41-62(65(46-56)51-24-12-4-13-25-51)59-30-17-31-66-63(59)42-43-67(66)53-26-14-5-15-27-53/h1-43,45-46,52H,44H2. The Balaban J connectivity index is 1.03. The molecule has 0 bridgehead atoms. The molecule has 2 heteroatoms. The van der Waals surface area contributed by atoms with E-state index in [-0.39, 0.29) is 0 Å². The van der Waals surface area contributed by atoms with Crippen molar-refractivity contribution in [2.45, 2.75) is 12.3 Å². The second-order valence-electron chi connectivity index (χ2n) is 17.7. The van der Waals surface area contributed by atoms with E-state index >= 15 is 0 Å². The van der Waals surface area contributed by atoms with Gasteiger partial charge in [0.1, 0.15) is 0 Å². The fraction of sp³-hybridized carbons (Fsp3) is 0.0303. The largest absolute Gasteiger partial charge is 0.317 e. The van der Waals surface area contributed by atoms with Crippen molar-refractivity contribution in [2.24, 2.45) is 0 Å². The Bertz CT molecular complexity index is 3560. The van der Waals surface area contributed by atoms with Crippen LogP contribution in [0.1, 0.15) is 22.6 Å². The van der Waals surface area contributed by atoms with Gasteiger partial charge in [-0.2, -0.15) is 0 Å². The highest BCUT2D eigenvalue weighted by atomic mass is 15.1. The van der Waals surface area contributed by atoms with Gasteiger partial charge in [0.2, 0.25) is 0 Å². The molecule has 1 aliphatic carbocycles. The Morgan fingerprint density at radius 1 is 0.368 bits per heavy atom. The van der Waals surface area contributed by atoms with E-state index in [1.165, 1.54) is 83.2 Å². The Hall–Kier alpha value is -8.72. The molecule has 0 amide bonds. The summed E-state index contributed by atoms with van der Waals surface area (Å²) in [4.78, 5) is 2.43. The van der Waals surface area contributed by atoms with E-state index in [1.54, 1.807) is 0 Å². The summed E-state index contributed by atoms with van der Waals surface area (Å²) in [6, 6.07) is 92.8. The van der Waals surface area contributed by atoms with Gasteiger partial charge in [-0.1, -0.05) is 206 Å². The van der Waals surface area contributed by atoms with Gasteiger partial charge < -0.3 is 9.47 Å². The lowest BCUT2D eigenvalue weighted by molar-refractivity contribution is 0.850. The summed E-state index contributed by atoms with van der Waals surface area (Å²) in [7, 11) is 0. The second kappa shape index (κ2) is 17.9. The molecule has 0 spiro atoms. The van der Waals surface area contributed by atoms with Gasteiger partial charge in [0, 0.05) is 40.3 Å². The number of benzene rings is 10. The van der Waals surface area contributed by atoms with Gasteiger partial charge in [0.25, 0.3) is 0 Å². The van der Waals surface area contributed by atoms with Crippen LogP contribution in [-0.2, 0) is 6.42 Å². The van der Waals surface area contributed by atoms with Crippen molar-refractivity contribution >= 4 is 34.0 Å². The summed E-state index contributed by atoms with van der Waals surface area (Å²) < 4.78 is 2.28. The maximum Gasteiger partial charge on any atom is 0.0534 e. The average Bonchev–Trinajstić information content (AvgIpc) is 4.05. The summed E-state index contributed by atoms with van der Waals surface area (Å²) in [6.45, 7) is 0. The average molecular weight is 869 g/mol. The number of fused-ring (bicyclic) bond motifs is 2. The summed E-state index contributed by atoms with van der Waals surface area (Å²) in [5, 5.41) is 1.21. The van der Waals surface area contributed by atoms with E-state index in [1.807, 2.05) is 0 Å². The fourth-order valence-electron chi connectivity index (χ4n) is 10.3. The zero-order chi connectivity index (χ0) is 45.2. The first-order chi connectivity index (χ1) is 33.7. The van der Waals surface area contributed by atoms with Crippen molar-refractivity contribution in [1.82, 2.24) is 4.57 Å². The van der Waals surface area contributed by atoms with E-state index in [2.05, 4.69) is 283 Å². The van der Waals surface area contributed by atoms with Crippen molar-refractivity contribution in [1.29, 1.82) is 0 Å². The highest BCUT2D eigenvalue weighted by molar-refractivity contribution is 6.02. The lowest BCUT2D eigenvalue weighted by atomic mass is 9.87. The number of allylic oxidation sites excluding steroid dienone is 1. The molecule has 0 aliphatic heterocycles. The van der Waals surface area contributed by atoms with E-state index in [9.17, 15) is 0 Å². The minimum Gasteiger partial charge on any atom is -0.317 e. The lowest BCUT2D eigenvalue weighted by Gasteiger charge is -2.28. The molecule has 0 N–H and O–H groups in total. The van der Waals surface area contributed by atoms with Crippen LogP contribution in [0.25, 0.3) is 78.3 Å². The SMILES string of the molecule is C1=CC(Cc2ccccc2)c2cccc(-c3ccc(N(c4ccc(-c5ccccc5)cc4)c4ccc(-c5cccc6c5ccn6-c5ccccc5)c(-c5ccccc5)c4)cc3-c3ccccc3)c21. The third-order valence-electron chi connectivity index (χ3n) is 13.6. The van der Waals surface area contributed by atoms with Gasteiger partial charge in [-0.05, 0) is 139 Å². The molecule has 1 aromatic heterocycles. The molecule has 12 rings (SSSR count). The molecular weight excluding hydrogens is 821 g/mol. The predicted molar refractivity (Wildman–Crippen MR) is 287 cm³/mol. The number of aromatic nitrogens is 1. The van der Waals surface area contributed by atoms with Gasteiger partial charge in [-0.15, -0.1) is 0 Å². The van der Waals surface area contributed by atoms with Crippen LogP contribution >= 0.6 is 0 Å². The molecule has 1 heterocycles. The van der Waals surface area contributed by atoms with Crippen molar-refractivity contribution in [2.75, 3.05) is 4.90 Å². The first-order valence-corrected chi connectivity index (χ1v) is 23.6. The first-order valence-electron chi connectivity index (χ1n) is 23.6. The Labute approximate surface area is 399 Å². The smallest absolute Gasteiger partial charge is 0.0534 e. The molecular formula is C66H48N2. The lowest BCUT2D eigenvalue weighted by Crippen LogP contribution is -2.11. The van der Waals surface area contributed by atoms with E-state index in [0.717, 1.165) is 29.2 Å². The molecule has 322 valence electrons. The summed E-state index contributed by atoms with van der Waals surface area (Å²) >= 11 is 0. The van der Waals surface area contributed by atoms with Crippen molar-refractivity contribution < 1.29 is 0 Å². The molecule has 68 heavy (non-hydrogen) atoms. The molecule has 0 saturated carbocycles. The molecule has 0 fully saturated rings. The quantitative estimate of drug-likeness (QED) is 0.126. The van der Waals surface area contributed by atoms with Crippen LogP contribution in [0, 0.1) is 0 Å². The molecule has 2 nitrogen and oxygen atoms in total. The third kappa shape index (κ3) is 7.72. The zero-order valence-corrected chi connectivity index (χ0v) is 37.7. The second-order valence-corrected chi connectivity index (χ2v) is 17.7. The Kier molecular flexibility index (Phi) is 10.7. The normalized spacial score (nSPS) is 12.9. The van der Waals surface area contributed by atoms with Crippen molar-refractivity contribution in [3.05, 3.63) is 284 Å². The predicted octanol–water partition coefficient (Wildman–Crippen LogP) is 17.8. The van der Waals surface area contributed by atoms with Gasteiger partial charge in [-0.3, -0.25) is 0 Å². The maximum absolute atomic E-state index is 2.43. The number of nitrogens with zero attached hydrogens (tertiary/aromatic N) is 2. The number of hydrogen-bond acceptors (Lipinski definition) is 1.